The van der Waals surface area contributed by atoms with E-state index in [9.17, 15) is 14.0 Å². The van der Waals surface area contributed by atoms with Gasteiger partial charge in [0.05, 0.1) is 11.7 Å². The summed E-state index contributed by atoms with van der Waals surface area (Å²) in [4.78, 5) is 23.2. The van der Waals surface area contributed by atoms with Gasteiger partial charge in [0.2, 0.25) is 0 Å². The van der Waals surface area contributed by atoms with Gasteiger partial charge in [-0.15, -0.1) is 0 Å². The predicted molar refractivity (Wildman–Crippen MR) is 73.7 cm³/mol. The Labute approximate surface area is 126 Å². The molecule has 0 radical (unpaired) electrons. The lowest BCUT2D eigenvalue weighted by molar-refractivity contribution is -0.124. The number of benzene rings is 1. The number of nitrogens with one attached hydrogen (secondary N) is 1. The minimum absolute atomic E-state index is 0.00928. The van der Waals surface area contributed by atoms with Crippen molar-refractivity contribution in [3.8, 4) is 0 Å². The quantitative estimate of drug-likeness (QED) is 0.843. The topological polar surface area (TPSA) is 64.6 Å². The first-order valence-corrected chi connectivity index (χ1v) is 6.94. The zero-order valence-electron chi connectivity index (χ0n) is 11.2. The molecule has 21 heavy (non-hydrogen) atoms. The zero-order valence-corrected chi connectivity index (χ0v) is 12.0. The molecule has 1 aliphatic heterocycles. The molecule has 1 amide bonds. The lowest BCUT2D eigenvalue weighted by Crippen LogP contribution is -2.34. The van der Waals surface area contributed by atoms with E-state index in [0.29, 0.717) is 13.2 Å². The first-order valence-electron chi connectivity index (χ1n) is 6.57. The summed E-state index contributed by atoms with van der Waals surface area (Å²) in [5.41, 5.74) is -0.297. The molecule has 0 aliphatic carbocycles. The molecular formula is C14H15ClFNO4. The Balaban J connectivity index is 1.77. The van der Waals surface area contributed by atoms with E-state index in [-0.39, 0.29) is 16.7 Å². The van der Waals surface area contributed by atoms with Crippen LogP contribution in [0.5, 0.6) is 0 Å². The molecule has 1 aliphatic rings. The zero-order chi connectivity index (χ0) is 15.2. The fraction of sp³-hybridized carbons (Fsp3) is 0.429. The van der Waals surface area contributed by atoms with Gasteiger partial charge in [0.25, 0.3) is 5.91 Å². The largest absolute Gasteiger partial charge is 0.452 e. The average molecular weight is 316 g/mol. The standard InChI is InChI=1S/C14H15ClFNO4/c15-9-3-4-12(16)11(6-9)14(19)21-8-13(18)17-7-10-2-1-5-20-10/h3-4,6,10H,1-2,5,7-8H2,(H,17,18). The fourth-order valence-electron chi connectivity index (χ4n) is 1.95. The van der Waals surface area contributed by atoms with E-state index in [1.165, 1.54) is 6.07 Å². The Hall–Kier alpha value is -1.66. The number of carbonyl (C=O) groups is 2. The molecule has 7 heteroatoms. The average Bonchev–Trinajstić information content (AvgIpc) is 2.98. The van der Waals surface area contributed by atoms with E-state index >= 15 is 0 Å². The lowest BCUT2D eigenvalue weighted by atomic mass is 10.2. The van der Waals surface area contributed by atoms with Gasteiger partial charge in [-0.3, -0.25) is 4.79 Å². The highest BCUT2D eigenvalue weighted by Crippen LogP contribution is 2.15. The Bertz CT molecular complexity index is 532. The minimum Gasteiger partial charge on any atom is -0.452 e. The summed E-state index contributed by atoms with van der Waals surface area (Å²) in [6.07, 6.45) is 1.88. The summed E-state index contributed by atoms with van der Waals surface area (Å²) < 4.78 is 23.5. The summed E-state index contributed by atoms with van der Waals surface area (Å²) in [6, 6.07) is 3.54. The summed E-state index contributed by atoms with van der Waals surface area (Å²) in [5.74, 6) is -2.13. The van der Waals surface area contributed by atoms with Crippen molar-refractivity contribution in [2.45, 2.75) is 18.9 Å². The van der Waals surface area contributed by atoms with Crippen molar-refractivity contribution in [2.24, 2.45) is 0 Å². The molecule has 0 aromatic heterocycles. The highest BCUT2D eigenvalue weighted by Gasteiger charge is 2.18. The number of ether oxygens (including phenoxy) is 2. The molecule has 1 aromatic rings. The van der Waals surface area contributed by atoms with Crippen LogP contribution in [-0.2, 0) is 14.3 Å². The number of halogens is 2. The van der Waals surface area contributed by atoms with Crippen molar-refractivity contribution < 1.29 is 23.5 Å². The maximum atomic E-state index is 13.4. The van der Waals surface area contributed by atoms with Crippen molar-refractivity contribution in [1.82, 2.24) is 5.32 Å². The Kier molecular flexibility index (Phi) is 5.52. The molecular weight excluding hydrogens is 301 g/mol. The van der Waals surface area contributed by atoms with Gasteiger partial charge in [0.15, 0.2) is 6.61 Å². The molecule has 0 spiro atoms. The first kappa shape index (κ1) is 15.7. The normalized spacial score (nSPS) is 17.5. The molecule has 1 N–H and O–H groups in total. The molecule has 1 heterocycles. The van der Waals surface area contributed by atoms with E-state index in [4.69, 9.17) is 21.1 Å². The van der Waals surface area contributed by atoms with Crippen LogP contribution >= 0.6 is 11.6 Å². The summed E-state index contributed by atoms with van der Waals surface area (Å²) in [7, 11) is 0. The van der Waals surface area contributed by atoms with Crippen LogP contribution in [0.4, 0.5) is 4.39 Å². The van der Waals surface area contributed by atoms with E-state index in [1.54, 1.807) is 0 Å². The van der Waals surface area contributed by atoms with Crippen LogP contribution in [0.15, 0.2) is 18.2 Å². The number of esters is 1. The fourth-order valence-corrected chi connectivity index (χ4v) is 2.12. The smallest absolute Gasteiger partial charge is 0.341 e. The highest BCUT2D eigenvalue weighted by molar-refractivity contribution is 6.30. The maximum Gasteiger partial charge on any atom is 0.341 e. The first-order chi connectivity index (χ1) is 10.1. The number of carbonyl (C=O) groups excluding carboxylic acids is 2. The van der Waals surface area contributed by atoms with Gasteiger partial charge in [0.1, 0.15) is 5.82 Å². The van der Waals surface area contributed by atoms with Crippen molar-refractivity contribution >= 4 is 23.5 Å². The molecule has 1 unspecified atom stereocenters. The van der Waals surface area contributed by atoms with Gasteiger partial charge in [-0.25, -0.2) is 9.18 Å². The number of rotatable bonds is 5. The van der Waals surface area contributed by atoms with Crippen molar-refractivity contribution in [3.05, 3.63) is 34.6 Å². The molecule has 1 fully saturated rings. The van der Waals surface area contributed by atoms with E-state index in [1.807, 2.05) is 0 Å². The third-order valence-electron chi connectivity index (χ3n) is 3.03. The van der Waals surface area contributed by atoms with Crippen LogP contribution in [0.3, 0.4) is 0 Å². The van der Waals surface area contributed by atoms with Crippen LogP contribution in [0, 0.1) is 5.82 Å². The number of hydrogen-bond acceptors (Lipinski definition) is 4. The van der Waals surface area contributed by atoms with Crippen LogP contribution in [0.2, 0.25) is 5.02 Å². The highest BCUT2D eigenvalue weighted by atomic mass is 35.5. The van der Waals surface area contributed by atoms with E-state index in [2.05, 4.69) is 5.32 Å². The van der Waals surface area contributed by atoms with Gasteiger partial charge >= 0.3 is 5.97 Å². The van der Waals surface area contributed by atoms with Gasteiger partial charge in [-0.1, -0.05) is 11.6 Å². The molecule has 114 valence electrons. The second-order valence-corrected chi connectivity index (χ2v) is 5.08. The van der Waals surface area contributed by atoms with Crippen LogP contribution in [-0.4, -0.2) is 37.7 Å². The van der Waals surface area contributed by atoms with Gasteiger partial charge < -0.3 is 14.8 Å². The van der Waals surface area contributed by atoms with Crippen molar-refractivity contribution in [1.29, 1.82) is 0 Å². The molecule has 1 atom stereocenters. The lowest BCUT2D eigenvalue weighted by Gasteiger charge is -2.11. The maximum absolute atomic E-state index is 13.4. The second-order valence-electron chi connectivity index (χ2n) is 4.64. The number of amides is 1. The second kappa shape index (κ2) is 7.38. The predicted octanol–water partition coefficient (Wildman–Crippen LogP) is 1.93. The third kappa shape index (κ3) is 4.68. The van der Waals surface area contributed by atoms with Crippen LogP contribution < -0.4 is 5.32 Å². The molecule has 1 saturated heterocycles. The molecule has 0 saturated carbocycles. The van der Waals surface area contributed by atoms with Crippen LogP contribution in [0.1, 0.15) is 23.2 Å². The Morgan fingerprint density at radius 3 is 3.00 bits per heavy atom. The van der Waals surface area contributed by atoms with Crippen LogP contribution in [0.25, 0.3) is 0 Å². The summed E-state index contributed by atoms with van der Waals surface area (Å²) >= 11 is 5.68. The Morgan fingerprint density at radius 1 is 1.48 bits per heavy atom. The minimum atomic E-state index is -0.928. The Morgan fingerprint density at radius 2 is 2.29 bits per heavy atom. The number of hydrogen-bond donors (Lipinski definition) is 1. The van der Waals surface area contributed by atoms with Gasteiger partial charge in [0, 0.05) is 18.2 Å². The van der Waals surface area contributed by atoms with E-state index in [0.717, 1.165) is 25.0 Å². The molecule has 1 aromatic carbocycles. The summed E-state index contributed by atoms with van der Waals surface area (Å²) in [5, 5.41) is 2.81. The van der Waals surface area contributed by atoms with Crippen molar-refractivity contribution in [3.63, 3.8) is 0 Å². The molecule has 5 nitrogen and oxygen atoms in total. The molecule has 2 rings (SSSR count). The van der Waals surface area contributed by atoms with Crippen molar-refractivity contribution in [2.75, 3.05) is 19.8 Å². The third-order valence-corrected chi connectivity index (χ3v) is 3.27. The summed E-state index contributed by atoms with van der Waals surface area (Å²) in [6.45, 7) is 0.600. The molecule has 0 bridgehead atoms. The van der Waals surface area contributed by atoms with Gasteiger partial charge in [-0.2, -0.15) is 0 Å². The van der Waals surface area contributed by atoms with E-state index < -0.39 is 24.3 Å². The SMILES string of the molecule is O=C(COC(=O)c1cc(Cl)ccc1F)NCC1CCCO1. The monoisotopic (exact) mass is 315 g/mol. The van der Waals surface area contributed by atoms with Gasteiger partial charge in [-0.05, 0) is 31.0 Å².